The van der Waals surface area contributed by atoms with E-state index in [4.69, 9.17) is 0 Å². The van der Waals surface area contributed by atoms with Crippen LogP contribution in [0.2, 0.25) is 0 Å². The van der Waals surface area contributed by atoms with Crippen LogP contribution in [0.15, 0.2) is 37.6 Å². The second-order valence-corrected chi connectivity index (χ2v) is 2.46. The zero-order chi connectivity index (χ0) is 9.52. The van der Waals surface area contributed by atoms with E-state index in [0.717, 1.165) is 18.9 Å². The predicted octanol–water partition coefficient (Wildman–Crippen LogP) is 1.05. The molecule has 68 valence electrons. The molecule has 0 aliphatic carbocycles. The van der Waals surface area contributed by atoms with Crippen LogP contribution in [0.5, 0.6) is 0 Å². The SMILES string of the molecule is C=CCN(CC=C)c1ccnnn1. The van der Waals surface area contributed by atoms with Crippen LogP contribution in [-0.2, 0) is 0 Å². The van der Waals surface area contributed by atoms with Crippen molar-refractivity contribution in [2.45, 2.75) is 0 Å². The highest BCUT2D eigenvalue weighted by Gasteiger charge is 2.02. The van der Waals surface area contributed by atoms with Gasteiger partial charge in [0.05, 0.1) is 6.20 Å². The minimum Gasteiger partial charge on any atom is -0.348 e. The molecule has 13 heavy (non-hydrogen) atoms. The van der Waals surface area contributed by atoms with E-state index < -0.39 is 0 Å². The van der Waals surface area contributed by atoms with Gasteiger partial charge in [0.2, 0.25) is 0 Å². The van der Waals surface area contributed by atoms with E-state index in [1.807, 2.05) is 17.1 Å². The zero-order valence-electron chi connectivity index (χ0n) is 7.43. The smallest absolute Gasteiger partial charge is 0.155 e. The predicted molar refractivity (Wildman–Crippen MR) is 52.4 cm³/mol. The Kier molecular flexibility index (Phi) is 3.63. The molecule has 1 aromatic rings. The molecule has 0 saturated heterocycles. The van der Waals surface area contributed by atoms with Crippen LogP contribution in [0.25, 0.3) is 0 Å². The standard InChI is InChI=1S/C9H12N4/c1-3-7-13(8-4-2)9-5-6-10-12-11-9/h3-6H,1-2,7-8H2. The number of anilines is 1. The monoisotopic (exact) mass is 176 g/mol. The molecule has 0 bridgehead atoms. The molecule has 0 amide bonds. The summed E-state index contributed by atoms with van der Waals surface area (Å²) >= 11 is 0. The summed E-state index contributed by atoms with van der Waals surface area (Å²) in [5, 5.41) is 11.1. The van der Waals surface area contributed by atoms with Gasteiger partial charge in [0, 0.05) is 19.2 Å². The van der Waals surface area contributed by atoms with Crippen molar-refractivity contribution in [3.8, 4) is 0 Å². The van der Waals surface area contributed by atoms with Crippen LogP contribution < -0.4 is 4.90 Å². The summed E-state index contributed by atoms with van der Waals surface area (Å²) in [7, 11) is 0. The second kappa shape index (κ2) is 5.03. The summed E-state index contributed by atoms with van der Waals surface area (Å²) in [6, 6.07) is 1.81. The van der Waals surface area contributed by atoms with Crippen molar-refractivity contribution in [1.29, 1.82) is 0 Å². The maximum Gasteiger partial charge on any atom is 0.155 e. The largest absolute Gasteiger partial charge is 0.348 e. The van der Waals surface area contributed by atoms with Crippen LogP contribution in [0.4, 0.5) is 5.82 Å². The molecule has 0 fully saturated rings. The van der Waals surface area contributed by atoms with Gasteiger partial charge in [-0.3, -0.25) is 0 Å². The van der Waals surface area contributed by atoms with E-state index in [1.54, 1.807) is 12.3 Å². The Morgan fingerprint density at radius 2 is 2.00 bits per heavy atom. The van der Waals surface area contributed by atoms with Crippen LogP contribution in [-0.4, -0.2) is 28.5 Å². The average molecular weight is 176 g/mol. The van der Waals surface area contributed by atoms with Crippen LogP contribution in [0.1, 0.15) is 0 Å². The molecule has 0 radical (unpaired) electrons. The molecule has 0 aromatic carbocycles. The molecular formula is C9H12N4. The van der Waals surface area contributed by atoms with Crippen molar-refractivity contribution in [3.63, 3.8) is 0 Å². The Morgan fingerprint density at radius 1 is 1.31 bits per heavy atom. The van der Waals surface area contributed by atoms with Crippen molar-refractivity contribution in [2.24, 2.45) is 0 Å². The van der Waals surface area contributed by atoms with Gasteiger partial charge in [-0.05, 0) is 5.21 Å². The number of hydrogen-bond donors (Lipinski definition) is 0. The van der Waals surface area contributed by atoms with Crippen molar-refractivity contribution >= 4 is 5.82 Å². The van der Waals surface area contributed by atoms with Gasteiger partial charge in [-0.15, -0.1) is 23.4 Å². The lowest BCUT2D eigenvalue weighted by atomic mass is 10.4. The topological polar surface area (TPSA) is 41.9 Å². The zero-order valence-corrected chi connectivity index (χ0v) is 7.43. The summed E-state index contributed by atoms with van der Waals surface area (Å²) in [5.41, 5.74) is 0. The molecular weight excluding hydrogens is 164 g/mol. The number of aromatic nitrogens is 3. The summed E-state index contributed by atoms with van der Waals surface area (Å²) in [5.74, 6) is 0.787. The fourth-order valence-corrected chi connectivity index (χ4v) is 0.977. The van der Waals surface area contributed by atoms with Gasteiger partial charge >= 0.3 is 0 Å². The first kappa shape index (κ1) is 9.38. The molecule has 4 nitrogen and oxygen atoms in total. The first-order valence-corrected chi connectivity index (χ1v) is 3.99. The summed E-state index contributed by atoms with van der Waals surface area (Å²) in [6.07, 6.45) is 5.23. The molecule has 1 heterocycles. The summed E-state index contributed by atoms with van der Waals surface area (Å²) in [6.45, 7) is 8.79. The Balaban J connectivity index is 2.75. The Hall–Kier alpha value is -1.71. The first-order chi connectivity index (χ1) is 6.38. The Bertz CT molecular complexity index is 260. The van der Waals surface area contributed by atoms with E-state index in [2.05, 4.69) is 28.6 Å². The van der Waals surface area contributed by atoms with Gasteiger partial charge in [-0.25, -0.2) is 0 Å². The van der Waals surface area contributed by atoms with Crippen molar-refractivity contribution < 1.29 is 0 Å². The van der Waals surface area contributed by atoms with Crippen LogP contribution in [0.3, 0.4) is 0 Å². The third-order valence-corrected chi connectivity index (χ3v) is 1.51. The molecule has 1 rings (SSSR count). The van der Waals surface area contributed by atoms with Crippen molar-refractivity contribution in [1.82, 2.24) is 15.4 Å². The molecule has 0 atom stereocenters. The molecule has 0 aliphatic rings. The van der Waals surface area contributed by atoms with E-state index in [1.165, 1.54) is 0 Å². The van der Waals surface area contributed by atoms with Gasteiger partial charge in [-0.2, -0.15) is 0 Å². The third-order valence-electron chi connectivity index (χ3n) is 1.51. The van der Waals surface area contributed by atoms with Crippen LogP contribution >= 0.6 is 0 Å². The first-order valence-electron chi connectivity index (χ1n) is 3.99. The maximum atomic E-state index is 3.89. The number of rotatable bonds is 5. The number of nitrogens with zero attached hydrogens (tertiary/aromatic N) is 4. The minimum absolute atomic E-state index is 0.727. The molecule has 1 aromatic heterocycles. The highest BCUT2D eigenvalue weighted by atomic mass is 15.4. The van der Waals surface area contributed by atoms with E-state index in [0.29, 0.717) is 0 Å². The maximum absolute atomic E-state index is 3.89. The van der Waals surface area contributed by atoms with Gasteiger partial charge in [0.15, 0.2) is 5.82 Å². The Morgan fingerprint density at radius 3 is 2.46 bits per heavy atom. The van der Waals surface area contributed by atoms with E-state index >= 15 is 0 Å². The molecule has 0 N–H and O–H groups in total. The van der Waals surface area contributed by atoms with Gasteiger partial charge < -0.3 is 4.90 Å². The lowest BCUT2D eigenvalue weighted by Crippen LogP contribution is -2.24. The highest BCUT2D eigenvalue weighted by molar-refractivity contribution is 5.37. The fourth-order valence-electron chi connectivity index (χ4n) is 0.977. The third kappa shape index (κ3) is 2.66. The van der Waals surface area contributed by atoms with Crippen molar-refractivity contribution in [2.75, 3.05) is 18.0 Å². The average Bonchev–Trinajstić information content (AvgIpc) is 2.19. The van der Waals surface area contributed by atoms with Crippen LogP contribution in [0, 0.1) is 0 Å². The van der Waals surface area contributed by atoms with E-state index in [-0.39, 0.29) is 0 Å². The highest BCUT2D eigenvalue weighted by Crippen LogP contribution is 2.06. The number of hydrogen-bond acceptors (Lipinski definition) is 4. The molecule has 0 spiro atoms. The Labute approximate surface area is 77.6 Å². The quantitative estimate of drug-likeness (QED) is 0.629. The summed E-state index contributed by atoms with van der Waals surface area (Å²) < 4.78 is 0. The lowest BCUT2D eigenvalue weighted by molar-refractivity contribution is 0.818. The second-order valence-electron chi connectivity index (χ2n) is 2.46. The molecule has 0 saturated carbocycles. The molecule has 0 aliphatic heterocycles. The van der Waals surface area contributed by atoms with E-state index in [9.17, 15) is 0 Å². The normalized spacial score (nSPS) is 9.23. The molecule has 0 unspecified atom stereocenters. The fraction of sp³-hybridized carbons (Fsp3) is 0.222. The van der Waals surface area contributed by atoms with Gasteiger partial charge in [0.25, 0.3) is 0 Å². The summed E-state index contributed by atoms with van der Waals surface area (Å²) in [4.78, 5) is 1.99. The van der Waals surface area contributed by atoms with Gasteiger partial charge in [0.1, 0.15) is 0 Å². The van der Waals surface area contributed by atoms with Crippen molar-refractivity contribution in [3.05, 3.63) is 37.6 Å². The minimum atomic E-state index is 0.727. The lowest BCUT2D eigenvalue weighted by Gasteiger charge is -2.18. The molecule has 4 heteroatoms. The van der Waals surface area contributed by atoms with Gasteiger partial charge in [-0.1, -0.05) is 12.2 Å².